The summed E-state index contributed by atoms with van der Waals surface area (Å²) in [6.07, 6.45) is 1.70. The Labute approximate surface area is 118 Å². The van der Waals surface area contributed by atoms with Crippen LogP contribution in [0.25, 0.3) is 0 Å². The molecule has 0 atom stereocenters. The number of piperazine rings is 1. The number of aromatic nitrogens is 1. The summed E-state index contributed by atoms with van der Waals surface area (Å²) in [6, 6.07) is 0. The number of nitrogens with zero attached hydrogens (tertiary/aromatic N) is 3. The Morgan fingerprint density at radius 2 is 1.80 bits per heavy atom. The Balaban J connectivity index is 2.17. The van der Waals surface area contributed by atoms with Crippen LogP contribution in [-0.2, 0) is 16.1 Å². The largest absolute Gasteiger partial charge is 0.398 e. The summed E-state index contributed by atoms with van der Waals surface area (Å²) in [6.45, 7) is 6.81. The van der Waals surface area contributed by atoms with Crippen molar-refractivity contribution in [3.05, 3.63) is 23.0 Å². The number of nitrogen functional groups attached to an aromatic ring is 1. The van der Waals surface area contributed by atoms with E-state index in [-0.39, 0.29) is 24.9 Å². The van der Waals surface area contributed by atoms with Crippen molar-refractivity contribution >= 4 is 17.5 Å². The first-order valence-corrected chi connectivity index (χ1v) is 6.70. The third-order valence-corrected chi connectivity index (χ3v) is 3.76. The maximum Gasteiger partial charge on any atom is 0.243 e. The fourth-order valence-electron chi connectivity index (χ4n) is 2.27. The van der Waals surface area contributed by atoms with Crippen LogP contribution in [0, 0.1) is 13.8 Å². The van der Waals surface area contributed by atoms with E-state index in [1.54, 1.807) is 16.0 Å². The van der Waals surface area contributed by atoms with Crippen molar-refractivity contribution in [1.29, 1.82) is 0 Å². The van der Waals surface area contributed by atoms with Crippen LogP contribution in [0.1, 0.15) is 23.7 Å². The van der Waals surface area contributed by atoms with Gasteiger partial charge in [0.25, 0.3) is 0 Å². The summed E-state index contributed by atoms with van der Waals surface area (Å²) in [5.41, 5.74) is 9.22. The van der Waals surface area contributed by atoms with Gasteiger partial charge in [-0.25, -0.2) is 0 Å². The molecule has 1 aromatic rings. The molecule has 0 spiro atoms. The van der Waals surface area contributed by atoms with Gasteiger partial charge in [0.15, 0.2) is 0 Å². The summed E-state index contributed by atoms with van der Waals surface area (Å²) < 4.78 is 0. The molecule has 0 bridgehead atoms. The highest BCUT2D eigenvalue weighted by Gasteiger charge is 2.29. The van der Waals surface area contributed by atoms with Crippen molar-refractivity contribution < 1.29 is 9.59 Å². The molecule has 2 amide bonds. The molecule has 6 heteroatoms. The Bertz CT molecular complexity index is 556. The molecule has 0 aromatic carbocycles. The molecule has 0 unspecified atom stereocenters. The van der Waals surface area contributed by atoms with E-state index in [4.69, 9.17) is 5.73 Å². The fourth-order valence-corrected chi connectivity index (χ4v) is 2.27. The lowest BCUT2D eigenvalue weighted by molar-refractivity contribution is -0.150. The lowest BCUT2D eigenvalue weighted by Crippen LogP contribution is -2.53. The number of pyridine rings is 1. The number of hydrogen-bond donors (Lipinski definition) is 1. The van der Waals surface area contributed by atoms with Gasteiger partial charge in [-0.1, -0.05) is 0 Å². The quantitative estimate of drug-likeness (QED) is 0.870. The Hall–Kier alpha value is -2.11. The zero-order chi connectivity index (χ0) is 14.9. The van der Waals surface area contributed by atoms with Gasteiger partial charge in [0.2, 0.25) is 11.8 Å². The minimum atomic E-state index is -0.0493. The van der Waals surface area contributed by atoms with Crippen molar-refractivity contribution in [3.63, 3.8) is 0 Å². The van der Waals surface area contributed by atoms with E-state index < -0.39 is 0 Å². The average Bonchev–Trinajstić information content (AvgIpc) is 2.43. The number of anilines is 1. The molecule has 6 nitrogen and oxygen atoms in total. The maximum absolute atomic E-state index is 12.0. The van der Waals surface area contributed by atoms with Gasteiger partial charge in [-0.15, -0.1) is 0 Å². The minimum Gasteiger partial charge on any atom is -0.398 e. The van der Waals surface area contributed by atoms with Gasteiger partial charge >= 0.3 is 0 Å². The van der Waals surface area contributed by atoms with Gasteiger partial charge in [0, 0.05) is 18.4 Å². The number of carbonyl (C=O) groups excluding carboxylic acids is 2. The monoisotopic (exact) mass is 276 g/mol. The highest BCUT2D eigenvalue weighted by molar-refractivity contribution is 5.92. The number of hydrogen-bond acceptors (Lipinski definition) is 4. The summed E-state index contributed by atoms with van der Waals surface area (Å²) in [4.78, 5) is 31.3. The highest BCUT2D eigenvalue weighted by atomic mass is 16.2. The van der Waals surface area contributed by atoms with Crippen LogP contribution >= 0.6 is 0 Å². The van der Waals surface area contributed by atoms with Crippen molar-refractivity contribution in [3.8, 4) is 0 Å². The standard InChI is InChI=1S/C14H20N4O2/c1-4-17-7-13(20)18(8-12(17)19)6-11-10(3)14(15)9(2)5-16-11/h5H,4,6-8H2,1-3H3,(H2,15,16). The molecule has 1 fully saturated rings. The lowest BCUT2D eigenvalue weighted by Gasteiger charge is -2.33. The number of likely N-dealkylation sites (N-methyl/N-ethyl adjacent to an activating group) is 1. The van der Waals surface area contributed by atoms with Crippen LogP contribution < -0.4 is 5.73 Å². The highest BCUT2D eigenvalue weighted by Crippen LogP contribution is 2.20. The van der Waals surface area contributed by atoms with Crippen molar-refractivity contribution in [1.82, 2.24) is 14.8 Å². The number of rotatable bonds is 3. The summed E-state index contributed by atoms with van der Waals surface area (Å²) in [5, 5.41) is 0. The zero-order valence-electron chi connectivity index (χ0n) is 12.1. The molecule has 0 radical (unpaired) electrons. The van der Waals surface area contributed by atoms with E-state index in [9.17, 15) is 9.59 Å². The topological polar surface area (TPSA) is 79.5 Å². The maximum atomic E-state index is 12.0. The minimum absolute atomic E-state index is 0.0233. The molecule has 20 heavy (non-hydrogen) atoms. The van der Waals surface area contributed by atoms with Crippen LogP contribution in [-0.4, -0.2) is 46.2 Å². The molecule has 0 saturated carbocycles. The summed E-state index contributed by atoms with van der Waals surface area (Å²) >= 11 is 0. The van der Waals surface area contributed by atoms with Crippen LogP contribution in [0.4, 0.5) is 5.69 Å². The molecule has 108 valence electrons. The zero-order valence-corrected chi connectivity index (χ0v) is 12.1. The second-order valence-corrected chi connectivity index (χ2v) is 5.08. The molecule has 1 aliphatic heterocycles. The molecule has 2 rings (SSSR count). The van der Waals surface area contributed by atoms with Crippen LogP contribution in [0.15, 0.2) is 6.20 Å². The Kier molecular flexibility index (Phi) is 3.92. The normalized spacial score (nSPS) is 15.9. The molecule has 2 N–H and O–H groups in total. The van der Waals surface area contributed by atoms with Gasteiger partial charge in [-0.05, 0) is 31.9 Å². The smallest absolute Gasteiger partial charge is 0.243 e. The first-order chi connectivity index (χ1) is 9.43. The molecule has 1 saturated heterocycles. The summed E-state index contributed by atoms with van der Waals surface area (Å²) in [7, 11) is 0. The van der Waals surface area contributed by atoms with Gasteiger partial charge in [-0.3, -0.25) is 14.6 Å². The molecule has 2 heterocycles. The average molecular weight is 276 g/mol. The number of aryl methyl sites for hydroxylation is 1. The van der Waals surface area contributed by atoms with Gasteiger partial charge < -0.3 is 15.5 Å². The van der Waals surface area contributed by atoms with Gasteiger partial charge in [-0.2, -0.15) is 0 Å². The van der Waals surface area contributed by atoms with Crippen LogP contribution in [0.5, 0.6) is 0 Å². The second kappa shape index (κ2) is 5.48. The fraction of sp³-hybridized carbons (Fsp3) is 0.500. The van der Waals surface area contributed by atoms with Crippen molar-refractivity contribution in [2.45, 2.75) is 27.3 Å². The lowest BCUT2D eigenvalue weighted by atomic mass is 10.1. The van der Waals surface area contributed by atoms with E-state index in [1.165, 1.54) is 0 Å². The number of amides is 2. The molecular formula is C14H20N4O2. The third-order valence-electron chi connectivity index (χ3n) is 3.76. The number of nitrogens with two attached hydrogens (primary N) is 1. The molecule has 1 aromatic heterocycles. The summed E-state index contributed by atoms with van der Waals surface area (Å²) in [5.74, 6) is -0.0726. The first-order valence-electron chi connectivity index (χ1n) is 6.70. The van der Waals surface area contributed by atoms with Gasteiger partial charge in [0.1, 0.15) is 6.54 Å². The van der Waals surface area contributed by atoms with E-state index in [1.807, 2.05) is 20.8 Å². The predicted octanol–water partition coefficient (Wildman–Crippen LogP) is 0.471. The Morgan fingerprint density at radius 3 is 2.45 bits per heavy atom. The van der Waals surface area contributed by atoms with Crippen LogP contribution in [0.2, 0.25) is 0 Å². The molecule has 0 aliphatic carbocycles. The van der Waals surface area contributed by atoms with E-state index in [0.717, 1.165) is 16.8 Å². The van der Waals surface area contributed by atoms with E-state index in [2.05, 4.69) is 4.98 Å². The Morgan fingerprint density at radius 1 is 1.20 bits per heavy atom. The van der Waals surface area contributed by atoms with E-state index in [0.29, 0.717) is 18.8 Å². The second-order valence-electron chi connectivity index (χ2n) is 5.08. The third kappa shape index (κ3) is 2.59. The van der Waals surface area contributed by atoms with Crippen molar-refractivity contribution in [2.24, 2.45) is 0 Å². The van der Waals surface area contributed by atoms with Gasteiger partial charge in [0.05, 0.1) is 18.8 Å². The first kappa shape index (κ1) is 14.3. The number of carbonyl (C=O) groups is 2. The van der Waals surface area contributed by atoms with Crippen LogP contribution in [0.3, 0.4) is 0 Å². The SMILES string of the molecule is CCN1CC(=O)N(Cc2ncc(C)c(N)c2C)CC1=O. The molecule has 1 aliphatic rings. The molecular weight excluding hydrogens is 256 g/mol. The van der Waals surface area contributed by atoms with Crippen molar-refractivity contribution in [2.75, 3.05) is 25.4 Å². The predicted molar refractivity (Wildman–Crippen MR) is 75.8 cm³/mol. The van der Waals surface area contributed by atoms with E-state index >= 15 is 0 Å².